The lowest BCUT2D eigenvalue weighted by molar-refractivity contribution is 0.107. The van der Waals surface area contributed by atoms with E-state index < -0.39 is 0 Å². The van der Waals surface area contributed by atoms with Gasteiger partial charge in [-0.05, 0) is 67.6 Å². The Hall–Kier alpha value is 0. The minimum atomic E-state index is 1.13. The fourth-order valence-electron chi connectivity index (χ4n) is 6.40. The van der Waals surface area contributed by atoms with Gasteiger partial charge in [0.05, 0.1) is 0 Å². The lowest BCUT2D eigenvalue weighted by Gasteiger charge is -2.40. The van der Waals surface area contributed by atoms with Gasteiger partial charge in [-0.25, -0.2) is 0 Å². The molecule has 0 heterocycles. The molecule has 0 aliphatic heterocycles. The third-order valence-corrected chi connectivity index (χ3v) is 7.53. The Balaban J connectivity index is 1.38. The zero-order valence-electron chi connectivity index (χ0n) is 13.4. The minimum absolute atomic E-state index is 1.13. The van der Waals surface area contributed by atoms with Crippen LogP contribution in [0.25, 0.3) is 0 Å². The van der Waals surface area contributed by atoms with Crippen LogP contribution >= 0.6 is 0 Å². The minimum Gasteiger partial charge on any atom is -0.0533 e. The summed E-state index contributed by atoms with van der Waals surface area (Å²) in [4.78, 5) is 0. The molecule has 4 saturated carbocycles. The van der Waals surface area contributed by atoms with E-state index in [9.17, 15) is 0 Å². The Labute approximate surface area is 126 Å². The maximum atomic E-state index is 1.64. The molecule has 114 valence electrons. The summed E-state index contributed by atoms with van der Waals surface area (Å²) in [5.41, 5.74) is 0. The van der Waals surface area contributed by atoms with Crippen molar-refractivity contribution in [3.63, 3.8) is 0 Å². The Morgan fingerprint density at radius 1 is 0.350 bits per heavy atom. The molecule has 0 saturated heterocycles. The van der Waals surface area contributed by atoms with Crippen molar-refractivity contribution in [3.05, 3.63) is 0 Å². The highest BCUT2D eigenvalue weighted by molar-refractivity contribution is 4.94. The molecule has 4 aliphatic carbocycles. The summed E-state index contributed by atoms with van der Waals surface area (Å²) in [5, 5.41) is 0. The maximum Gasteiger partial charge on any atom is -0.0355 e. The van der Waals surface area contributed by atoms with E-state index >= 15 is 0 Å². The molecule has 0 aromatic carbocycles. The fourth-order valence-corrected chi connectivity index (χ4v) is 6.40. The zero-order chi connectivity index (χ0) is 13.4. The van der Waals surface area contributed by atoms with Crippen molar-refractivity contribution in [2.24, 2.45) is 35.5 Å². The second-order valence-electron chi connectivity index (χ2n) is 8.68. The molecule has 0 aromatic rings. The van der Waals surface area contributed by atoms with Crippen LogP contribution in [0.1, 0.15) is 89.9 Å². The van der Waals surface area contributed by atoms with Crippen LogP contribution in [-0.2, 0) is 0 Å². The monoisotopic (exact) mass is 274 g/mol. The SMILES string of the molecule is C1CCC(C2CCCC(C3CCCC3C3CC3)C2)CC1. The highest BCUT2D eigenvalue weighted by atomic mass is 14.5. The van der Waals surface area contributed by atoms with Crippen LogP contribution in [0.4, 0.5) is 0 Å². The van der Waals surface area contributed by atoms with Crippen LogP contribution in [0.3, 0.4) is 0 Å². The molecule has 20 heavy (non-hydrogen) atoms. The summed E-state index contributed by atoms with van der Waals surface area (Å²) in [7, 11) is 0. The highest BCUT2D eigenvalue weighted by Gasteiger charge is 2.43. The van der Waals surface area contributed by atoms with Gasteiger partial charge in [-0.2, -0.15) is 0 Å². The first-order chi connectivity index (χ1) is 9.92. The van der Waals surface area contributed by atoms with Gasteiger partial charge < -0.3 is 0 Å². The van der Waals surface area contributed by atoms with E-state index in [0.717, 1.165) is 23.7 Å². The lowest BCUT2D eigenvalue weighted by atomic mass is 9.66. The topological polar surface area (TPSA) is 0 Å². The molecule has 4 rings (SSSR count). The van der Waals surface area contributed by atoms with Gasteiger partial charge in [0, 0.05) is 0 Å². The van der Waals surface area contributed by atoms with Crippen molar-refractivity contribution in [1.29, 1.82) is 0 Å². The second-order valence-corrected chi connectivity index (χ2v) is 8.68. The number of rotatable bonds is 3. The Bertz CT molecular complexity index is 310. The predicted molar refractivity (Wildman–Crippen MR) is 85.6 cm³/mol. The summed E-state index contributed by atoms with van der Waals surface area (Å²) in [6, 6.07) is 0. The summed E-state index contributed by atoms with van der Waals surface area (Å²) in [5.74, 6) is 6.92. The molecule has 0 amide bonds. The Kier molecular flexibility index (Phi) is 4.10. The summed E-state index contributed by atoms with van der Waals surface area (Å²) in [6.45, 7) is 0. The molecule has 4 aliphatic rings. The first kappa shape index (κ1) is 13.6. The van der Waals surface area contributed by atoms with E-state index in [1.807, 2.05) is 0 Å². The average molecular weight is 274 g/mol. The summed E-state index contributed by atoms with van der Waals surface area (Å²) in [6.07, 6.45) is 22.1. The highest BCUT2D eigenvalue weighted by Crippen LogP contribution is 2.54. The molecular formula is C20H34. The Morgan fingerprint density at radius 3 is 1.70 bits per heavy atom. The third-order valence-electron chi connectivity index (χ3n) is 7.53. The molecule has 4 atom stereocenters. The van der Waals surface area contributed by atoms with E-state index in [-0.39, 0.29) is 0 Å². The molecular weight excluding hydrogens is 240 g/mol. The van der Waals surface area contributed by atoms with Crippen molar-refractivity contribution < 1.29 is 0 Å². The van der Waals surface area contributed by atoms with Gasteiger partial charge in [0.15, 0.2) is 0 Å². The predicted octanol–water partition coefficient (Wildman–Crippen LogP) is 6.20. The second kappa shape index (κ2) is 6.01. The average Bonchev–Trinajstić information content (AvgIpc) is 3.25. The third kappa shape index (κ3) is 2.81. The van der Waals surface area contributed by atoms with Crippen LogP contribution in [0.2, 0.25) is 0 Å². The van der Waals surface area contributed by atoms with Crippen molar-refractivity contribution in [1.82, 2.24) is 0 Å². The molecule has 4 unspecified atom stereocenters. The molecule has 0 nitrogen and oxygen atoms in total. The fraction of sp³-hybridized carbons (Fsp3) is 1.00. The van der Waals surface area contributed by atoms with E-state index in [0.29, 0.717) is 0 Å². The normalized spacial score (nSPS) is 43.8. The Morgan fingerprint density at radius 2 is 0.950 bits per heavy atom. The first-order valence-corrected chi connectivity index (χ1v) is 9.92. The van der Waals surface area contributed by atoms with Gasteiger partial charge in [0.25, 0.3) is 0 Å². The molecule has 0 heteroatoms. The first-order valence-electron chi connectivity index (χ1n) is 9.92. The van der Waals surface area contributed by atoms with Crippen LogP contribution in [-0.4, -0.2) is 0 Å². The molecule has 0 radical (unpaired) electrons. The lowest BCUT2D eigenvalue weighted by Crippen LogP contribution is -2.30. The number of hydrogen-bond donors (Lipinski definition) is 0. The van der Waals surface area contributed by atoms with E-state index in [1.165, 1.54) is 18.3 Å². The van der Waals surface area contributed by atoms with Crippen LogP contribution in [0.5, 0.6) is 0 Å². The molecule has 0 N–H and O–H groups in total. The molecule has 0 bridgehead atoms. The standard InChI is InChI=1S/C20H34/c1-2-6-15(7-3-1)17-8-4-9-18(14-17)20-11-5-10-19(20)16-12-13-16/h15-20H,1-14H2. The van der Waals surface area contributed by atoms with Gasteiger partial charge in [0.1, 0.15) is 0 Å². The van der Waals surface area contributed by atoms with Crippen LogP contribution < -0.4 is 0 Å². The van der Waals surface area contributed by atoms with Crippen LogP contribution in [0, 0.1) is 35.5 Å². The van der Waals surface area contributed by atoms with Gasteiger partial charge in [-0.1, -0.05) is 57.8 Å². The van der Waals surface area contributed by atoms with Crippen molar-refractivity contribution >= 4 is 0 Å². The smallest absolute Gasteiger partial charge is 0.0355 e. The van der Waals surface area contributed by atoms with Gasteiger partial charge in [0.2, 0.25) is 0 Å². The summed E-state index contributed by atoms with van der Waals surface area (Å²) >= 11 is 0. The van der Waals surface area contributed by atoms with E-state index in [1.54, 1.807) is 83.5 Å². The maximum absolute atomic E-state index is 1.64. The molecule has 4 fully saturated rings. The van der Waals surface area contributed by atoms with Crippen molar-refractivity contribution in [2.75, 3.05) is 0 Å². The quantitative estimate of drug-likeness (QED) is 0.575. The van der Waals surface area contributed by atoms with Crippen molar-refractivity contribution in [2.45, 2.75) is 89.9 Å². The molecule has 0 aromatic heterocycles. The van der Waals surface area contributed by atoms with Crippen molar-refractivity contribution in [3.8, 4) is 0 Å². The molecule has 0 spiro atoms. The van der Waals surface area contributed by atoms with Crippen LogP contribution in [0.15, 0.2) is 0 Å². The van der Waals surface area contributed by atoms with E-state index in [2.05, 4.69) is 0 Å². The van der Waals surface area contributed by atoms with E-state index in [4.69, 9.17) is 0 Å². The summed E-state index contributed by atoms with van der Waals surface area (Å²) < 4.78 is 0. The number of hydrogen-bond acceptors (Lipinski definition) is 0. The largest absolute Gasteiger partial charge is 0.0533 e. The van der Waals surface area contributed by atoms with Gasteiger partial charge in [-0.15, -0.1) is 0 Å². The zero-order valence-corrected chi connectivity index (χ0v) is 13.4. The van der Waals surface area contributed by atoms with Gasteiger partial charge in [-0.3, -0.25) is 0 Å². The van der Waals surface area contributed by atoms with Gasteiger partial charge >= 0.3 is 0 Å².